The number of aliphatic carboxylic acids is 1. The average molecular weight is 370 g/mol. The van der Waals surface area contributed by atoms with Crippen LogP contribution in [0.5, 0.6) is 0 Å². The molecule has 0 bridgehead atoms. The molecule has 0 fully saturated rings. The van der Waals surface area contributed by atoms with E-state index in [4.69, 9.17) is 5.11 Å². The topological polar surface area (TPSA) is 71.4 Å². The minimum absolute atomic E-state index is 0.0210. The Morgan fingerprint density at radius 3 is 2.08 bits per heavy atom. The van der Waals surface area contributed by atoms with Crippen LogP contribution in [0.4, 0.5) is 4.39 Å². The molecule has 0 aliphatic rings. The summed E-state index contributed by atoms with van der Waals surface area (Å²) in [6, 6.07) is 18.0. The monoisotopic (exact) mass is 370 g/mol. The predicted molar refractivity (Wildman–Crippen MR) is 95.1 cm³/mol. The maximum Gasteiger partial charge on any atom is 0.307 e. The van der Waals surface area contributed by atoms with Crippen molar-refractivity contribution in [2.24, 2.45) is 0 Å². The molecular weight excluding hydrogens is 355 g/mol. The maximum absolute atomic E-state index is 13.4. The second kappa shape index (κ2) is 7.09. The molecule has 0 atom stereocenters. The third kappa shape index (κ3) is 3.81. The molecule has 0 aliphatic heterocycles. The Morgan fingerprint density at radius 2 is 1.42 bits per heavy atom. The van der Waals surface area contributed by atoms with Crippen molar-refractivity contribution in [3.05, 3.63) is 84.2 Å². The van der Waals surface area contributed by atoms with Gasteiger partial charge in [-0.2, -0.15) is 0 Å². The fraction of sp³-hybridized carbons (Fsp3) is 0.0500. The second-order valence-electron chi connectivity index (χ2n) is 5.76. The van der Waals surface area contributed by atoms with E-state index in [9.17, 15) is 17.6 Å². The molecule has 3 rings (SSSR count). The molecule has 132 valence electrons. The minimum atomic E-state index is -3.82. The fourth-order valence-electron chi connectivity index (χ4n) is 2.64. The number of rotatable bonds is 5. The number of carboxylic acid groups (broad SMARTS) is 1. The zero-order valence-electron chi connectivity index (χ0n) is 13.6. The summed E-state index contributed by atoms with van der Waals surface area (Å²) in [5.41, 5.74) is 1.55. The van der Waals surface area contributed by atoms with E-state index in [0.29, 0.717) is 16.7 Å². The summed E-state index contributed by atoms with van der Waals surface area (Å²) in [6.07, 6.45) is -0.257. The van der Waals surface area contributed by atoms with Gasteiger partial charge in [0.1, 0.15) is 5.82 Å². The summed E-state index contributed by atoms with van der Waals surface area (Å²) in [7, 11) is -3.82. The van der Waals surface area contributed by atoms with Gasteiger partial charge in [-0.3, -0.25) is 4.79 Å². The van der Waals surface area contributed by atoms with Gasteiger partial charge in [-0.05, 0) is 53.1 Å². The Hall–Kier alpha value is -2.99. The summed E-state index contributed by atoms with van der Waals surface area (Å²) in [4.78, 5) is 10.9. The number of sulfone groups is 1. The second-order valence-corrected chi connectivity index (χ2v) is 7.71. The molecule has 0 heterocycles. The largest absolute Gasteiger partial charge is 0.481 e. The Kier molecular flexibility index (Phi) is 4.86. The molecule has 0 unspecified atom stereocenters. The van der Waals surface area contributed by atoms with E-state index in [2.05, 4.69) is 0 Å². The van der Waals surface area contributed by atoms with Gasteiger partial charge in [-0.25, -0.2) is 12.8 Å². The van der Waals surface area contributed by atoms with Crippen LogP contribution in [-0.2, 0) is 21.1 Å². The molecule has 6 heteroatoms. The van der Waals surface area contributed by atoms with Crippen LogP contribution in [0, 0.1) is 5.82 Å². The van der Waals surface area contributed by atoms with Gasteiger partial charge in [0.15, 0.2) is 0 Å². The third-order valence-electron chi connectivity index (χ3n) is 3.87. The summed E-state index contributed by atoms with van der Waals surface area (Å²) >= 11 is 0. The highest BCUT2D eigenvalue weighted by atomic mass is 32.2. The SMILES string of the molecule is O=C(O)Cc1cccc(S(=O)(=O)c2cccc(-c3cccc(F)c3)c2)c1. The van der Waals surface area contributed by atoms with Crippen molar-refractivity contribution in [2.75, 3.05) is 0 Å². The first kappa shape index (κ1) is 17.8. The Bertz CT molecular complexity index is 1070. The molecule has 0 aromatic heterocycles. The van der Waals surface area contributed by atoms with Crippen LogP contribution in [0.2, 0.25) is 0 Å². The molecule has 0 spiro atoms. The van der Waals surface area contributed by atoms with E-state index in [1.165, 1.54) is 42.5 Å². The van der Waals surface area contributed by atoms with Gasteiger partial charge in [0.25, 0.3) is 0 Å². The molecular formula is C20H15FO4S. The van der Waals surface area contributed by atoms with Crippen LogP contribution in [0.15, 0.2) is 82.6 Å². The quantitative estimate of drug-likeness (QED) is 0.738. The highest BCUT2D eigenvalue weighted by Gasteiger charge is 2.19. The number of hydrogen-bond donors (Lipinski definition) is 1. The average Bonchev–Trinajstić information content (AvgIpc) is 2.61. The molecule has 0 aliphatic carbocycles. The Balaban J connectivity index is 2.03. The number of hydrogen-bond acceptors (Lipinski definition) is 3. The van der Waals surface area contributed by atoms with E-state index in [1.54, 1.807) is 30.3 Å². The predicted octanol–water partition coefficient (Wildman–Crippen LogP) is 3.95. The number of carbonyl (C=O) groups is 1. The van der Waals surface area contributed by atoms with Crippen LogP contribution in [-0.4, -0.2) is 19.5 Å². The molecule has 3 aromatic rings. The van der Waals surface area contributed by atoms with Crippen LogP contribution < -0.4 is 0 Å². The zero-order chi connectivity index (χ0) is 18.7. The lowest BCUT2D eigenvalue weighted by Gasteiger charge is -2.09. The Labute approximate surface area is 150 Å². The van der Waals surface area contributed by atoms with Gasteiger partial charge in [0, 0.05) is 0 Å². The smallest absolute Gasteiger partial charge is 0.307 e. The number of benzene rings is 3. The first-order chi connectivity index (χ1) is 12.4. The third-order valence-corrected chi connectivity index (χ3v) is 5.62. The van der Waals surface area contributed by atoms with Gasteiger partial charge in [-0.1, -0.05) is 36.4 Å². The van der Waals surface area contributed by atoms with Crippen LogP contribution in [0.25, 0.3) is 11.1 Å². The van der Waals surface area contributed by atoms with E-state index in [-0.39, 0.29) is 16.2 Å². The lowest BCUT2D eigenvalue weighted by molar-refractivity contribution is -0.136. The summed E-state index contributed by atoms with van der Waals surface area (Å²) in [6.45, 7) is 0. The molecule has 0 saturated heterocycles. The molecule has 0 radical (unpaired) electrons. The van der Waals surface area contributed by atoms with Crippen molar-refractivity contribution >= 4 is 15.8 Å². The standard InChI is InChI=1S/C20H15FO4S/c21-17-7-2-5-15(12-17)16-6-3-9-19(13-16)26(24,25)18-8-1-4-14(10-18)11-20(22)23/h1-10,12-13H,11H2,(H,22,23). The highest BCUT2D eigenvalue weighted by Crippen LogP contribution is 2.27. The van der Waals surface area contributed by atoms with Crippen molar-refractivity contribution in [1.82, 2.24) is 0 Å². The summed E-state index contributed by atoms with van der Waals surface area (Å²) in [5, 5.41) is 8.88. The first-order valence-electron chi connectivity index (χ1n) is 7.78. The fourth-order valence-corrected chi connectivity index (χ4v) is 4.02. The molecule has 0 amide bonds. The van der Waals surface area contributed by atoms with E-state index < -0.39 is 21.6 Å². The molecule has 0 saturated carbocycles. The molecule has 4 nitrogen and oxygen atoms in total. The van der Waals surface area contributed by atoms with Crippen molar-refractivity contribution in [3.8, 4) is 11.1 Å². The van der Waals surface area contributed by atoms with E-state index in [0.717, 1.165) is 0 Å². The minimum Gasteiger partial charge on any atom is -0.481 e. The maximum atomic E-state index is 13.4. The first-order valence-corrected chi connectivity index (χ1v) is 9.26. The van der Waals surface area contributed by atoms with E-state index in [1.807, 2.05) is 0 Å². The summed E-state index contributed by atoms with van der Waals surface area (Å²) in [5.74, 6) is -1.44. The zero-order valence-corrected chi connectivity index (χ0v) is 14.4. The number of halogens is 1. The van der Waals surface area contributed by atoms with E-state index >= 15 is 0 Å². The summed E-state index contributed by atoms with van der Waals surface area (Å²) < 4.78 is 39.2. The van der Waals surface area contributed by atoms with Gasteiger partial charge < -0.3 is 5.11 Å². The number of carboxylic acids is 1. The molecule has 1 N–H and O–H groups in total. The lowest BCUT2D eigenvalue weighted by Crippen LogP contribution is -2.05. The molecule has 26 heavy (non-hydrogen) atoms. The van der Waals surface area contributed by atoms with Gasteiger partial charge in [-0.15, -0.1) is 0 Å². The van der Waals surface area contributed by atoms with Crippen molar-refractivity contribution in [2.45, 2.75) is 16.2 Å². The highest BCUT2D eigenvalue weighted by molar-refractivity contribution is 7.91. The van der Waals surface area contributed by atoms with Gasteiger partial charge >= 0.3 is 5.97 Å². The van der Waals surface area contributed by atoms with Crippen LogP contribution in [0.3, 0.4) is 0 Å². The van der Waals surface area contributed by atoms with Crippen molar-refractivity contribution < 1.29 is 22.7 Å². The van der Waals surface area contributed by atoms with Crippen LogP contribution >= 0.6 is 0 Å². The molecule has 3 aromatic carbocycles. The van der Waals surface area contributed by atoms with Gasteiger partial charge in [0.2, 0.25) is 9.84 Å². The van der Waals surface area contributed by atoms with Crippen molar-refractivity contribution in [3.63, 3.8) is 0 Å². The normalized spacial score (nSPS) is 11.3. The lowest BCUT2D eigenvalue weighted by atomic mass is 10.1. The van der Waals surface area contributed by atoms with Gasteiger partial charge in [0.05, 0.1) is 16.2 Å². The van der Waals surface area contributed by atoms with Crippen molar-refractivity contribution in [1.29, 1.82) is 0 Å². The van der Waals surface area contributed by atoms with Crippen LogP contribution in [0.1, 0.15) is 5.56 Å². The Morgan fingerprint density at radius 1 is 0.846 bits per heavy atom.